The van der Waals surface area contributed by atoms with E-state index in [1.807, 2.05) is 24.3 Å². The van der Waals surface area contributed by atoms with E-state index in [0.29, 0.717) is 29.3 Å². The van der Waals surface area contributed by atoms with Crippen LogP contribution in [-0.4, -0.2) is 43.2 Å². The number of para-hydroxylation sites is 1. The zero-order chi connectivity index (χ0) is 18.5. The van der Waals surface area contributed by atoms with E-state index in [-0.39, 0.29) is 0 Å². The molecule has 0 aromatic heterocycles. The van der Waals surface area contributed by atoms with Gasteiger partial charge >= 0.3 is 5.97 Å². The number of carboxylic acid groups (broad SMARTS) is 1. The van der Waals surface area contributed by atoms with E-state index >= 15 is 0 Å². The Labute approximate surface area is 151 Å². The molecule has 3 rings (SSSR count). The van der Waals surface area contributed by atoms with Gasteiger partial charge in [0.05, 0.1) is 19.9 Å². The molecule has 26 heavy (non-hydrogen) atoms. The molecule has 0 radical (unpaired) electrons. The largest absolute Gasteiger partial charge is 0.493 e. The van der Waals surface area contributed by atoms with Crippen molar-refractivity contribution in [2.75, 3.05) is 19.5 Å². The molecule has 0 saturated heterocycles. The van der Waals surface area contributed by atoms with E-state index in [0.717, 1.165) is 5.56 Å². The average Bonchev–Trinajstić information content (AvgIpc) is 3.15. The van der Waals surface area contributed by atoms with Gasteiger partial charge in [-0.25, -0.2) is 4.79 Å². The predicted octanol–water partition coefficient (Wildman–Crippen LogP) is 2.76. The van der Waals surface area contributed by atoms with Crippen LogP contribution in [0.2, 0.25) is 0 Å². The van der Waals surface area contributed by atoms with Crippen LogP contribution in [0.15, 0.2) is 53.7 Å². The van der Waals surface area contributed by atoms with E-state index < -0.39 is 18.1 Å². The number of hydrogen-bond donors (Lipinski definition) is 2. The van der Waals surface area contributed by atoms with E-state index in [9.17, 15) is 9.90 Å². The lowest BCUT2D eigenvalue weighted by Crippen LogP contribution is -2.40. The molecule has 0 spiro atoms. The SMILES string of the molecule is COc1ccc(C2=NOC(C(Nc3ccccc3)C(=O)O)C2)cc1OC. The van der Waals surface area contributed by atoms with E-state index in [1.54, 1.807) is 38.5 Å². The summed E-state index contributed by atoms with van der Waals surface area (Å²) in [4.78, 5) is 17.1. The summed E-state index contributed by atoms with van der Waals surface area (Å²) < 4.78 is 10.5. The molecule has 0 aliphatic carbocycles. The topological polar surface area (TPSA) is 89.4 Å². The summed E-state index contributed by atoms with van der Waals surface area (Å²) >= 11 is 0. The number of carboxylic acids is 1. The zero-order valence-electron chi connectivity index (χ0n) is 14.5. The van der Waals surface area contributed by atoms with Gasteiger partial charge in [0.1, 0.15) is 0 Å². The molecule has 0 bridgehead atoms. The fraction of sp³-hybridized carbons (Fsp3) is 0.263. The molecule has 0 amide bonds. The summed E-state index contributed by atoms with van der Waals surface area (Å²) in [6, 6.07) is 13.6. The highest BCUT2D eigenvalue weighted by Gasteiger charge is 2.35. The van der Waals surface area contributed by atoms with Gasteiger partial charge in [0, 0.05) is 17.7 Å². The second-order valence-electron chi connectivity index (χ2n) is 5.78. The molecule has 136 valence electrons. The van der Waals surface area contributed by atoms with Gasteiger partial charge in [0.15, 0.2) is 23.6 Å². The Morgan fingerprint density at radius 3 is 2.58 bits per heavy atom. The molecule has 0 fully saturated rings. The minimum Gasteiger partial charge on any atom is -0.493 e. The van der Waals surface area contributed by atoms with Crippen LogP contribution in [-0.2, 0) is 9.63 Å². The van der Waals surface area contributed by atoms with Crippen molar-refractivity contribution in [2.45, 2.75) is 18.6 Å². The summed E-state index contributed by atoms with van der Waals surface area (Å²) in [5.41, 5.74) is 2.18. The Kier molecular flexibility index (Phi) is 5.26. The van der Waals surface area contributed by atoms with Gasteiger partial charge in [-0.15, -0.1) is 0 Å². The molecule has 1 heterocycles. The van der Waals surface area contributed by atoms with Crippen molar-refractivity contribution in [3.63, 3.8) is 0 Å². The van der Waals surface area contributed by atoms with Crippen LogP contribution in [0.4, 0.5) is 5.69 Å². The van der Waals surface area contributed by atoms with E-state index in [4.69, 9.17) is 14.3 Å². The number of carbonyl (C=O) groups is 1. The monoisotopic (exact) mass is 356 g/mol. The average molecular weight is 356 g/mol. The third kappa shape index (κ3) is 3.72. The third-order valence-corrected chi connectivity index (χ3v) is 4.14. The fourth-order valence-electron chi connectivity index (χ4n) is 2.79. The number of hydrogen-bond acceptors (Lipinski definition) is 6. The summed E-state index contributed by atoms with van der Waals surface area (Å²) in [6.45, 7) is 0. The highest BCUT2D eigenvalue weighted by atomic mass is 16.6. The third-order valence-electron chi connectivity index (χ3n) is 4.14. The van der Waals surface area contributed by atoms with Crippen LogP contribution in [0, 0.1) is 0 Å². The lowest BCUT2D eigenvalue weighted by Gasteiger charge is -2.20. The maximum absolute atomic E-state index is 11.7. The number of methoxy groups -OCH3 is 2. The Morgan fingerprint density at radius 1 is 1.19 bits per heavy atom. The molecular formula is C19H20N2O5. The minimum absolute atomic E-state index is 0.367. The van der Waals surface area contributed by atoms with Crippen LogP contribution in [0.1, 0.15) is 12.0 Å². The number of rotatable bonds is 7. The van der Waals surface area contributed by atoms with Gasteiger partial charge in [0.25, 0.3) is 0 Å². The Morgan fingerprint density at radius 2 is 1.92 bits per heavy atom. The van der Waals surface area contributed by atoms with Gasteiger partial charge in [-0.2, -0.15) is 0 Å². The molecule has 2 N–H and O–H groups in total. The van der Waals surface area contributed by atoms with Gasteiger partial charge in [-0.3, -0.25) is 0 Å². The maximum atomic E-state index is 11.7. The number of nitrogens with one attached hydrogen (secondary N) is 1. The maximum Gasteiger partial charge on any atom is 0.330 e. The van der Waals surface area contributed by atoms with Crippen LogP contribution in [0.3, 0.4) is 0 Å². The van der Waals surface area contributed by atoms with Gasteiger partial charge in [0.2, 0.25) is 0 Å². The van der Waals surface area contributed by atoms with E-state index in [1.165, 1.54) is 0 Å². The Bertz CT molecular complexity index is 807. The number of aliphatic carboxylic acids is 1. The second kappa shape index (κ2) is 7.77. The first-order valence-electron chi connectivity index (χ1n) is 8.12. The molecule has 2 unspecified atom stereocenters. The van der Waals surface area contributed by atoms with Crippen LogP contribution >= 0.6 is 0 Å². The Hall–Kier alpha value is -3.22. The van der Waals surface area contributed by atoms with Crippen molar-refractivity contribution < 1.29 is 24.2 Å². The van der Waals surface area contributed by atoms with Gasteiger partial charge < -0.3 is 24.7 Å². The quantitative estimate of drug-likeness (QED) is 0.793. The zero-order valence-corrected chi connectivity index (χ0v) is 14.5. The van der Waals surface area contributed by atoms with Crippen molar-refractivity contribution in [1.29, 1.82) is 0 Å². The van der Waals surface area contributed by atoms with Crippen molar-refractivity contribution in [3.05, 3.63) is 54.1 Å². The molecule has 2 aromatic carbocycles. The number of nitrogens with zero attached hydrogens (tertiary/aromatic N) is 1. The van der Waals surface area contributed by atoms with Gasteiger partial charge in [-0.05, 0) is 30.3 Å². The number of oxime groups is 1. The summed E-state index contributed by atoms with van der Waals surface area (Å²) in [7, 11) is 3.12. The first-order chi connectivity index (χ1) is 12.6. The first-order valence-corrected chi connectivity index (χ1v) is 8.12. The smallest absolute Gasteiger partial charge is 0.330 e. The van der Waals surface area contributed by atoms with Crippen LogP contribution < -0.4 is 14.8 Å². The lowest BCUT2D eigenvalue weighted by molar-refractivity contribution is -0.141. The molecule has 1 aliphatic rings. The molecular weight excluding hydrogens is 336 g/mol. The van der Waals surface area contributed by atoms with Crippen molar-refractivity contribution in [2.24, 2.45) is 5.16 Å². The lowest BCUT2D eigenvalue weighted by atomic mass is 10.00. The highest BCUT2D eigenvalue weighted by molar-refractivity contribution is 6.02. The first kappa shape index (κ1) is 17.6. The molecule has 1 aliphatic heterocycles. The minimum atomic E-state index is -0.998. The van der Waals surface area contributed by atoms with Crippen LogP contribution in [0.25, 0.3) is 0 Å². The molecule has 0 saturated carbocycles. The van der Waals surface area contributed by atoms with Gasteiger partial charge in [-0.1, -0.05) is 23.4 Å². The number of anilines is 1. The summed E-state index contributed by atoms with van der Waals surface area (Å²) in [6.07, 6.45) is -0.248. The van der Waals surface area contributed by atoms with Crippen molar-refractivity contribution in [1.82, 2.24) is 0 Å². The standard InChI is InChI=1S/C19H20N2O5/c1-24-15-9-8-12(10-16(15)25-2)14-11-17(26-21-14)18(19(22)23)20-13-6-4-3-5-7-13/h3-10,17-18,20H,11H2,1-2H3,(H,22,23). The van der Waals surface area contributed by atoms with Crippen LogP contribution in [0.5, 0.6) is 11.5 Å². The summed E-state index contributed by atoms with van der Waals surface area (Å²) in [5.74, 6) is 0.192. The second-order valence-corrected chi connectivity index (χ2v) is 5.78. The summed E-state index contributed by atoms with van der Waals surface area (Å²) in [5, 5.41) is 16.6. The molecule has 2 atom stereocenters. The normalized spacial score (nSPS) is 17.0. The molecule has 7 heteroatoms. The molecule has 2 aromatic rings. The fourth-order valence-corrected chi connectivity index (χ4v) is 2.79. The molecule has 7 nitrogen and oxygen atoms in total. The number of benzene rings is 2. The highest BCUT2D eigenvalue weighted by Crippen LogP contribution is 2.30. The predicted molar refractivity (Wildman–Crippen MR) is 97.1 cm³/mol. The van der Waals surface area contributed by atoms with E-state index in [2.05, 4.69) is 10.5 Å². The van der Waals surface area contributed by atoms with Crippen molar-refractivity contribution >= 4 is 17.4 Å². The number of ether oxygens (including phenoxy) is 2. The Balaban J connectivity index is 1.74. The van der Waals surface area contributed by atoms with Crippen molar-refractivity contribution in [3.8, 4) is 11.5 Å².